The van der Waals surface area contributed by atoms with Crippen LogP contribution in [0.4, 0.5) is 0 Å². The summed E-state index contributed by atoms with van der Waals surface area (Å²) < 4.78 is 0. The molecule has 1 aromatic carbocycles. The van der Waals surface area contributed by atoms with Crippen LogP contribution in [-0.4, -0.2) is 59.2 Å². The summed E-state index contributed by atoms with van der Waals surface area (Å²) >= 11 is 0. The van der Waals surface area contributed by atoms with Gasteiger partial charge >= 0.3 is 0 Å². The summed E-state index contributed by atoms with van der Waals surface area (Å²) in [6, 6.07) is 6.11. The van der Waals surface area contributed by atoms with Crippen molar-refractivity contribution in [1.29, 1.82) is 0 Å². The third-order valence-electron chi connectivity index (χ3n) is 5.57. The number of carbonyl (C=O) groups excluding carboxylic acids is 4. The van der Waals surface area contributed by atoms with Crippen molar-refractivity contribution in [1.82, 2.24) is 15.5 Å². The Hall–Kier alpha value is -2.94. The van der Waals surface area contributed by atoms with Gasteiger partial charge < -0.3 is 27.0 Å². The first-order chi connectivity index (χ1) is 15.1. The van der Waals surface area contributed by atoms with Crippen LogP contribution in [0.3, 0.4) is 0 Å². The number of carbonyl (C=O) groups is 4. The maximum Gasteiger partial charge on any atom is 0.245 e. The molecular weight excluding hydrogens is 410 g/mol. The highest BCUT2D eigenvalue weighted by Crippen LogP contribution is 2.18. The molecule has 1 heterocycles. The van der Waals surface area contributed by atoms with Gasteiger partial charge in [-0.1, -0.05) is 44.2 Å². The Balaban J connectivity index is 2.09. The van der Waals surface area contributed by atoms with Gasteiger partial charge in [0.05, 0.1) is 6.04 Å². The number of hydrogen-bond donors (Lipinski definition) is 4. The highest BCUT2D eigenvalue weighted by molar-refractivity contribution is 5.94. The van der Waals surface area contributed by atoms with Crippen molar-refractivity contribution in [2.45, 2.75) is 70.6 Å². The Bertz CT molecular complexity index is 814. The van der Waals surface area contributed by atoms with Crippen molar-refractivity contribution in [3.63, 3.8) is 0 Å². The molecule has 0 unspecified atom stereocenters. The molecule has 4 amide bonds. The van der Waals surface area contributed by atoms with E-state index in [0.29, 0.717) is 25.8 Å². The molecule has 9 heteroatoms. The summed E-state index contributed by atoms with van der Waals surface area (Å²) in [4.78, 5) is 51.5. The van der Waals surface area contributed by atoms with Crippen LogP contribution in [0.2, 0.25) is 0 Å². The Morgan fingerprint density at radius 3 is 2.31 bits per heavy atom. The first-order valence-corrected chi connectivity index (χ1v) is 11.1. The predicted octanol–water partition coefficient (Wildman–Crippen LogP) is 0.0683. The standard InChI is InChI=1S/C23H35N5O4/c1-14(2)12-17(24)21(30)27-18(13-16-8-5-4-6-9-16)22(31)26-15(3)23(32)28-11-7-10-19(28)20(25)29/h4-6,8-9,14-15,17-19H,7,10-13,24H2,1-3H3,(H2,25,29)(H,26,31)(H,27,30)/t15-,17-,18-,19-/m0/s1. The summed E-state index contributed by atoms with van der Waals surface area (Å²) in [5.41, 5.74) is 12.2. The molecule has 1 aliphatic rings. The second-order valence-corrected chi connectivity index (χ2v) is 8.81. The normalized spacial score (nSPS) is 18.7. The van der Waals surface area contributed by atoms with Crippen LogP contribution >= 0.6 is 0 Å². The zero-order chi connectivity index (χ0) is 23.8. The zero-order valence-corrected chi connectivity index (χ0v) is 19.0. The van der Waals surface area contributed by atoms with Crippen molar-refractivity contribution in [2.24, 2.45) is 17.4 Å². The minimum Gasteiger partial charge on any atom is -0.368 e. The third-order valence-corrected chi connectivity index (χ3v) is 5.57. The van der Waals surface area contributed by atoms with Crippen LogP contribution < -0.4 is 22.1 Å². The lowest BCUT2D eigenvalue weighted by atomic mass is 10.0. The van der Waals surface area contributed by atoms with E-state index in [0.717, 1.165) is 5.56 Å². The smallest absolute Gasteiger partial charge is 0.245 e. The van der Waals surface area contributed by atoms with Gasteiger partial charge in [0.1, 0.15) is 18.1 Å². The Morgan fingerprint density at radius 2 is 1.72 bits per heavy atom. The van der Waals surface area contributed by atoms with Crippen molar-refractivity contribution < 1.29 is 19.2 Å². The summed E-state index contributed by atoms with van der Waals surface area (Å²) in [6.07, 6.45) is 1.94. The van der Waals surface area contributed by atoms with Gasteiger partial charge in [-0.15, -0.1) is 0 Å². The van der Waals surface area contributed by atoms with Gasteiger partial charge in [-0.05, 0) is 37.7 Å². The molecule has 0 radical (unpaired) electrons. The van der Waals surface area contributed by atoms with Gasteiger partial charge in [0.2, 0.25) is 23.6 Å². The molecule has 4 atom stereocenters. The van der Waals surface area contributed by atoms with Crippen LogP contribution in [0, 0.1) is 5.92 Å². The van der Waals surface area contributed by atoms with E-state index in [2.05, 4.69) is 10.6 Å². The number of hydrogen-bond acceptors (Lipinski definition) is 5. The lowest BCUT2D eigenvalue weighted by Gasteiger charge is -2.27. The fraction of sp³-hybridized carbons (Fsp3) is 0.565. The highest BCUT2D eigenvalue weighted by atomic mass is 16.2. The lowest BCUT2D eigenvalue weighted by Crippen LogP contribution is -2.57. The van der Waals surface area contributed by atoms with Gasteiger partial charge in [0, 0.05) is 13.0 Å². The monoisotopic (exact) mass is 445 g/mol. The highest BCUT2D eigenvalue weighted by Gasteiger charge is 2.36. The van der Waals surface area contributed by atoms with E-state index in [1.807, 2.05) is 44.2 Å². The second-order valence-electron chi connectivity index (χ2n) is 8.81. The molecule has 6 N–H and O–H groups in total. The first-order valence-electron chi connectivity index (χ1n) is 11.1. The number of rotatable bonds is 10. The fourth-order valence-electron chi connectivity index (χ4n) is 3.90. The molecule has 1 fully saturated rings. The lowest BCUT2D eigenvalue weighted by molar-refractivity contribution is -0.140. The van der Waals surface area contributed by atoms with Crippen LogP contribution in [-0.2, 0) is 25.6 Å². The Labute approximate surface area is 189 Å². The fourth-order valence-corrected chi connectivity index (χ4v) is 3.90. The number of primary amides is 1. The van der Waals surface area contributed by atoms with E-state index < -0.39 is 41.9 Å². The number of nitrogens with one attached hydrogen (secondary N) is 2. The van der Waals surface area contributed by atoms with Crippen LogP contribution in [0.5, 0.6) is 0 Å². The molecule has 0 aliphatic carbocycles. The summed E-state index contributed by atoms with van der Waals surface area (Å²) in [5.74, 6) is -1.60. The predicted molar refractivity (Wildman–Crippen MR) is 121 cm³/mol. The molecule has 1 aliphatic heterocycles. The van der Waals surface area contributed by atoms with Crippen molar-refractivity contribution in [3.8, 4) is 0 Å². The Morgan fingerprint density at radius 1 is 1.06 bits per heavy atom. The third kappa shape index (κ3) is 7.05. The van der Waals surface area contributed by atoms with Gasteiger partial charge in [0.25, 0.3) is 0 Å². The SMILES string of the molecule is CC(C)C[C@H](N)C(=O)N[C@@H](Cc1ccccc1)C(=O)N[C@@H](C)C(=O)N1CCC[C@H]1C(N)=O. The van der Waals surface area contributed by atoms with E-state index in [1.54, 1.807) is 6.92 Å². The first kappa shape index (κ1) is 25.3. The number of likely N-dealkylation sites (tertiary alicyclic amines) is 1. The van der Waals surface area contributed by atoms with E-state index in [1.165, 1.54) is 4.90 Å². The van der Waals surface area contributed by atoms with Crippen LogP contribution in [0.1, 0.15) is 45.6 Å². The number of benzene rings is 1. The Kier molecular flexibility index (Phi) is 9.19. The molecular formula is C23H35N5O4. The molecule has 0 spiro atoms. The zero-order valence-electron chi connectivity index (χ0n) is 19.0. The average molecular weight is 446 g/mol. The molecule has 0 bridgehead atoms. The molecule has 2 rings (SSSR count). The maximum absolute atomic E-state index is 13.0. The van der Waals surface area contributed by atoms with Gasteiger partial charge in [-0.25, -0.2) is 0 Å². The van der Waals surface area contributed by atoms with Crippen molar-refractivity contribution >= 4 is 23.6 Å². The number of nitrogens with zero attached hydrogens (tertiary/aromatic N) is 1. The summed E-state index contributed by atoms with van der Waals surface area (Å²) in [5, 5.41) is 5.42. The minimum absolute atomic E-state index is 0.230. The van der Waals surface area contributed by atoms with Crippen molar-refractivity contribution in [2.75, 3.05) is 6.54 Å². The number of amides is 4. The van der Waals surface area contributed by atoms with E-state index in [4.69, 9.17) is 11.5 Å². The number of nitrogens with two attached hydrogens (primary N) is 2. The van der Waals surface area contributed by atoms with E-state index in [9.17, 15) is 19.2 Å². The van der Waals surface area contributed by atoms with Crippen LogP contribution in [0.25, 0.3) is 0 Å². The molecule has 176 valence electrons. The maximum atomic E-state index is 13.0. The molecule has 32 heavy (non-hydrogen) atoms. The van der Waals surface area contributed by atoms with Gasteiger partial charge in [-0.3, -0.25) is 19.2 Å². The summed E-state index contributed by atoms with van der Waals surface area (Å²) in [6.45, 7) is 5.90. The summed E-state index contributed by atoms with van der Waals surface area (Å²) in [7, 11) is 0. The van der Waals surface area contributed by atoms with Crippen LogP contribution in [0.15, 0.2) is 30.3 Å². The van der Waals surface area contributed by atoms with Crippen molar-refractivity contribution in [3.05, 3.63) is 35.9 Å². The molecule has 0 aromatic heterocycles. The van der Waals surface area contributed by atoms with Gasteiger partial charge in [-0.2, -0.15) is 0 Å². The topological polar surface area (TPSA) is 148 Å². The van der Waals surface area contributed by atoms with E-state index in [-0.39, 0.29) is 18.2 Å². The van der Waals surface area contributed by atoms with Gasteiger partial charge in [0.15, 0.2) is 0 Å². The second kappa shape index (κ2) is 11.6. The molecule has 1 saturated heterocycles. The largest absolute Gasteiger partial charge is 0.368 e. The molecule has 9 nitrogen and oxygen atoms in total. The quantitative estimate of drug-likeness (QED) is 0.402. The average Bonchev–Trinajstić information content (AvgIpc) is 3.23. The molecule has 0 saturated carbocycles. The van der Waals surface area contributed by atoms with E-state index >= 15 is 0 Å². The molecule has 1 aromatic rings. The minimum atomic E-state index is -0.899.